The maximum atomic E-state index is 11.8. The zero-order chi connectivity index (χ0) is 14.4. The van der Waals surface area contributed by atoms with Gasteiger partial charge in [-0.2, -0.15) is 0 Å². The summed E-state index contributed by atoms with van der Waals surface area (Å²) in [5.41, 5.74) is 5.11. The van der Waals surface area contributed by atoms with Crippen molar-refractivity contribution in [1.29, 1.82) is 0 Å². The first-order chi connectivity index (χ1) is 8.93. The number of rotatable bonds is 6. The number of carbonyl (C=O) groups is 4. The first-order valence-electron chi connectivity index (χ1n) is 5.98. The van der Waals surface area contributed by atoms with E-state index in [1.54, 1.807) is 6.92 Å². The molecule has 0 saturated carbocycles. The monoisotopic (exact) mass is 271 g/mol. The minimum absolute atomic E-state index is 0.178. The molecule has 1 aliphatic heterocycles. The molecule has 4 N–H and O–H groups in total. The standard InChI is InChI=1S/C11H17N3O5/c1-2-19-9(16)5-7(10(12)17)14-11(18)6-3-4-8(15)13-6/h6-7H,2-5H2,1H3,(H2,12,17)(H,13,15)(H,14,18)/t6-,7-/m0/s1. The molecular formula is C11H17N3O5. The highest BCUT2D eigenvalue weighted by Crippen LogP contribution is 2.07. The van der Waals surface area contributed by atoms with Gasteiger partial charge in [-0.25, -0.2) is 0 Å². The molecule has 0 radical (unpaired) electrons. The summed E-state index contributed by atoms with van der Waals surface area (Å²) < 4.78 is 4.68. The van der Waals surface area contributed by atoms with Crippen LogP contribution in [-0.2, 0) is 23.9 Å². The second-order valence-electron chi connectivity index (χ2n) is 4.13. The normalized spacial score (nSPS) is 19.4. The van der Waals surface area contributed by atoms with Crippen LogP contribution in [0.4, 0.5) is 0 Å². The van der Waals surface area contributed by atoms with Gasteiger partial charge in [0.15, 0.2) is 0 Å². The number of carbonyl (C=O) groups excluding carboxylic acids is 4. The number of nitrogens with one attached hydrogen (secondary N) is 2. The molecule has 1 fully saturated rings. The van der Waals surface area contributed by atoms with E-state index in [0.29, 0.717) is 6.42 Å². The number of primary amides is 1. The highest BCUT2D eigenvalue weighted by atomic mass is 16.5. The highest BCUT2D eigenvalue weighted by Gasteiger charge is 2.30. The molecule has 106 valence electrons. The van der Waals surface area contributed by atoms with E-state index in [1.165, 1.54) is 0 Å². The van der Waals surface area contributed by atoms with Crippen molar-refractivity contribution in [3.05, 3.63) is 0 Å². The van der Waals surface area contributed by atoms with E-state index in [2.05, 4.69) is 15.4 Å². The molecule has 1 saturated heterocycles. The molecular weight excluding hydrogens is 254 g/mol. The lowest BCUT2D eigenvalue weighted by Crippen LogP contribution is -2.51. The van der Waals surface area contributed by atoms with Crippen molar-refractivity contribution in [3.8, 4) is 0 Å². The molecule has 2 atom stereocenters. The molecule has 8 nitrogen and oxygen atoms in total. The van der Waals surface area contributed by atoms with Crippen molar-refractivity contribution < 1.29 is 23.9 Å². The van der Waals surface area contributed by atoms with Crippen LogP contribution in [0, 0.1) is 0 Å². The van der Waals surface area contributed by atoms with Crippen molar-refractivity contribution >= 4 is 23.7 Å². The third kappa shape index (κ3) is 4.57. The number of amides is 3. The van der Waals surface area contributed by atoms with Gasteiger partial charge >= 0.3 is 5.97 Å². The van der Waals surface area contributed by atoms with Gasteiger partial charge in [0.1, 0.15) is 12.1 Å². The molecule has 8 heteroatoms. The van der Waals surface area contributed by atoms with Crippen LogP contribution in [0.1, 0.15) is 26.2 Å². The van der Waals surface area contributed by atoms with Crippen LogP contribution in [0.5, 0.6) is 0 Å². The minimum atomic E-state index is -1.14. The summed E-state index contributed by atoms with van der Waals surface area (Å²) in [5, 5.41) is 4.80. The van der Waals surface area contributed by atoms with Gasteiger partial charge in [0.05, 0.1) is 13.0 Å². The van der Waals surface area contributed by atoms with Gasteiger partial charge in [-0.1, -0.05) is 0 Å². The third-order valence-electron chi connectivity index (χ3n) is 2.65. The third-order valence-corrected chi connectivity index (χ3v) is 2.65. The molecule has 1 aliphatic rings. The van der Waals surface area contributed by atoms with Gasteiger partial charge in [0.25, 0.3) is 0 Å². The quantitative estimate of drug-likeness (QED) is 0.490. The SMILES string of the molecule is CCOC(=O)C[C@H](NC(=O)[C@@H]1CCC(=O)N1)C(N)=O. The Morgan fingerprint density at radius 3 is 2.68 bits per heavy atom. The van der Waals surface area contributed by atoms with E-state index in [1.807, 2.05) is 0 Å². The summed E-state index contributed by atoms with van der Waals surface area (Å²) in [6.45, 7) is 1.81. The van der Waals surface area contributed by atoms with Crippen LogP contribution in [0.3, 0.4) is 0 Å². The lowest BCUT2D eigenvalue weighted by molar-refractivity contribution is -0.145. The molecule has 1 heterocycles. The van der Waals surface area contributed by atoms with Crippen molar-refractivity contribution in [2.75, 3.05) is 6.61 Å². The Hall–Kier alpha value is -2.12. The molecule has 0 spiro atoms. The number of nitrogens with two attached hydrogens (primary N) is 1. The summed E-state index contributed by atoms with van der Waals surface area (Å²) in [5.74, 6) is -2.20. The number of ether oxygens (including phenoxy) is 1. The molecule has 0 unspecified atom stereocenters. The lowest BCUT2D eigenvalue weighted by atomic mass is 10.1. The zero-order valence-corrected chi connectivity index (χ0v) is 10.6. The van der Waals surface area contributed by atoms with Gasteiger partial charge in [0, 0.05) is 6.42 Å². The molecule has 19 heavy (non-hydrogen) atoms. The summed E-state index contributed by atoms with van der Waals surface area (Å²) in [7, 11) is 0. The Morgan fingerprint density at radius 1 is 1.53 bits per heavy atom. The van der Waals surface area contributed by atoms with Gasteiger partial charge in [0.2, 0.25) is 17.7 Å². The average molecular weight is 271 g/mol. The van der Waals surface area contributed by atoms with Crippen molar-refractivity contribution in [2.24, 2.45) is 5.73 Å². The predicted octanol–water partition coefficient (Wildman–Crippen LogP) is -1.81. The molecule has 3 amide bonds. The van der Waals surface area contributed by atoms with E-state index >= 15 is 0 Å². The van der Waals surface area contributed by atoms with Crippen molar-refractivity contribution in [3.63, 3.8) is 0 Å². The molecule has 0 aromatic rings. The summed E-state index contributed by atoms with van der Waals surface area (Å²) in [6.07, 6.45) is 0.294. The average Bonchev–Trinajstić information content (AvgIpc) is 2.75. The van der Waals surface area contributed by atoms with Crippen molar-refractivity contribution in [1.82, 2.24) is 10.6 Å². The van der Waals surface area contributed by atoms with E-state index in [0.717, 1.165) is 0 Å². The Morgan fingerprint density at radius 2 is 2.21 bits per heavy atom. The first kappa shape index (κ1) is 14.9. The Bertz CT molecular complexity index is 396. The van der Waals surface area contributed by atoms with E-state index in [4.69, 9.17) is 5.73 Å². The second kappa shape index (κ2) is 6.72. The maximum Gasteiger partial charge on any atom is 0.308 e. The highest BCUT2D eigenvalue weighted by molar-refractivity contribution is 5.94. The fraction of sp³-hybridized carbons (Fsp3) is 0.636. The predicted molar refractivity (Wildman–Crippen MR) is 63.5 cm³/mol. The topological polar surface area (TPSA) is 128 Å². The second-order valence-corrected chi connectivity index (χ2v) is 4.13. The molecule has 1 rings (SSSR count). The van der Waals surface area contributed by atoms with Gasteiger partial charge in [-0.15, -0.1) is 0 Å². The Balaban J connectivity index is 2.53. The number of hydrogen-bond donors (Lipinski definition) is 3. The zero-order valence-electron chi connectivity index (χ0n) is 10.6. The summed E-state index contributed by atoms with van der Waals surface area (Å²) in [4.78, 5) is 45.2. The largest absolute Gasteiger partial charge is 0.466 e. The number of hydrogen-bond acceptors (Lipinski definition) is 5. The minimum Gasteiger partial charge on any atom is -0.466 e. The summed E-state index contributed by atoms with van der Waals surface area (Å²) >= 11 is 0. The van der Waals surface area contributed by atoms with Crippen LogP contribution in [0.15, 0.2) is 0 Å². The first-order valence-corrected chi connectivity index (χ1v) is 5.98. The van der Waals surface area contributed by atoms with Crippen LogP contribution >= 0.6 is 0 Å². The number of esters is 1. The summed E-state index contributed by atoms with van der Waals surface area (Å²) in [6, 6.07) is -1.82. The van der Waals surface area contributed by atoms with Gasteiger partial charge in [-0.3, -0.25) is 19.2 Å². The van der Waals surface area contributed by atoms with Crippen LogP contribution in [-0.4, -0.2) is 42.4 Å². The molecule has 0 aliphatic carbocycles. The fourth-order valence-electron chi connectivity index (χ4n) is 1.69. The van der Waals surface area contributed by atoms with Gasteiger partial charge < -0.3 is 21.1 Å². The van der Waals surface area contributed by atoms with E-state index in [-0.39, 0.29) is 25.4 Å². The van der Waals surface area contributed by atoms with Crippen LogP contribution in [0.25, 0.3) is 0 Å². The smallest absolute Gasteiger partial charge is 0.308 e. The molecule has 0 aromatic carbocycles. The Labute approximate surface area is 110 Å². The lowest BCUT2D eigenvalue weighted by Gasteiger charge is -2.17. The van der Waals surface area contributed by atoms with Crippen LogP contribution in [0.2, 0.25) is 0 Å². The Kier molecular flexibility index (Phi) is 5.28. The fourth-order valence-corrected chi connectivity index (χ4v) is 1.69. The van der Waals surface area contributed by atoms with Crippen molar-refractivity contribution in [2.45, 2.75) is 38.3 Å². The molecule has 0 bridgehead atoms. The van der Waals surface area contributed by atoms with E-state index < -0.39 is 29.9 Å². The van der Waals surface area contributed by atoms with E-state index in [9.17, 15) is 19.2 Å². The van der Waals surface area contributed by atoms with Gasteiger partial charge in [-0.05, 0) is 13.3 Å². The maximum absolute atomic E-state index is 11.8. The van der Waals surface area contributed by atoms with Crippen LogP contribution < -0.4 is 16.4 Å². The molecule has 0 aromatic heterocycles.